The van der Waals surface area contributed by atoms with Gasteiger partial charge in [0.2, 0.25) is 0 Å². The lowest BCUT2D eigenvalue weighted by molar-refractivity contribution is -0.202. The smallest absolute Gasteiger partial charge is 0.298 e. The van der Waals surface area contributed by atoms with E-state index in [4.69, 9.17) is 9.62 Å². The molecule has 3 aliphatic carbocycles. The fraction of sp³-hybridized carbons (Fsp3) is 0.609. The molecular weight excluding hydrogens is 340 g/mol. The molecule has 0 aromatic carbocycles. The van der Waals surface area contributed by atoms with Crippen molar-refractivity contribution in [1.29, 1.82) is 0 Å². The van der Waals surface area contributed by atoms with E-state index in [1.807, 2.05) is 6.92 Å². The van der Waals surface area contributed by atoms with E-state index in [0.717, 1.165) is 43.3 Å². The van der Waals surface area contributed by atoms with E-state index in [0.29, 0.717) is 18.0 Å². The van der Waals surface area contributed by atoms with Gasteiger partial charge in [-0.1, -0.05) is 50.0 Å². The number of hydrogen-bond donors (Lipinski definition) is 1. The van der Waals surface area contributed by atoms with E-state index in [9.17, 15) is 10.1 Å². The largest absolute Gasteiger partial charge is 0.432 e. The third-order valence-corrected chi connectivity index (χ3v) is 6.62. The molecule has 4 atom stereocenters. The van der Waals surface area contributed by atoms with Crippen LogP contribution in [-0.4, -0.2) is 11.7 Å². The Morgan fingerprint density at radius 3 is 2.85 bits per heavy atom. The minimum atomic E-state index is -0.0405. The van der Waals surface area contributed by atoms with E-state index in [1.54, 1.807) is 0 Å². The predicted octanol–water partition coefficient (Wildman–Crippen LogP) is 5.94. The van der Waals surface area contributed by atoms with Crippen LogP contribution in [0.4, 0.5) is 0 Å². The summed E-state index contributed by atoms with van der Waals surface area (Å²) in [4.78, 5) is 16.2. The minimum absolute atomic E-state index is 0.0128. The molecule has 4 nitrogen and oxygen atoms in total. The standard InChI is InChI=1S/C23H32O4/c1-5-6-7-10-23-12-19(23)22(26-14-24)21(20(13-23)27-25)18-11-16(4)8-9-17(18)15(2)3/h11,13-14,17-19,25H,2,5-10,12H2,1,3-4H3/t17-,18+,19?,23?/m0/s1. The van der Waals surface area contributed by atoms with Gasteiger partial charge in [-0.25, -0.2) is 5.26 Å². The van der Waals surface area contributed by atoms with Crippen LogP contribution in [0.15, 0.2) is 47.0 Å². The van der Waals surface area contributed by atoms with Crippen molar-refractivity contribution in [3.63, 3.8) is 0 Å². The first-order valence-electron chi connectivity index (χ1n) is 10.2. The van der Waals surface area contributed by atoms with Gasteiger partial charge in [0.05, 0.1) is 0 Å². The van der Waals surface area contributed by atoms with Crippen LogP contribution in [0.25, 0.3) is 0 Å². The number of fused-ring (bicyclic) bond motifs is 1. The van der Waals surface area contributed by atoms with Crippen molar-refractivity contribution in [1.82, 2.24) is 0 Å². The van der Waals surface area contributed by atoms with Gasteiger partial charge < -0.3 is 9.62 Å². The lowest BCUT2D eigenvalue weighted by Gasteiger charge is -2.35. The fourth-order valence-corrected chi connectivity index (χ4v) is 5.04. The van der Waals surface area contributed by atoms with Gasteiger partial charge >= 0.3 is 0 Å². The monoisotopic (exact) mass is 372 g/mol. The Morgan fingerprint density at radius 1 is 1.44 bits per heavy atom. The van der Waals surface area contributed by atoms with Crippen molar-refractivity contribution < 1.29 is 19.7 Å². The second-order valence-corrected chi connectivity index (χ2v) is 8.57. The summed E-state index contributed by atoms with van der Waals surface area (Å²) in [5, 5.41) is 9.70. The summed E-state index contributed by atoms with van der Waals surface area (Å²) in [6, 6.07) is 0. The van der Waals surface area contributed by atoms with Crippen LogP contribution in [0.2, 0.25) is 0 Å². The maximum absolute atomic E-state index is 11.3. The molecule has 1 N–H and O–H groups in total. The van der Waals surface area contributed by atoms with Gasteiger partial charge in [-0.2, -0.15) is 0 Å². The molecule has 148 valence electrons. The molecule has 0 aliphatic heterocycles. The molecule has 2 unspecified atom stereocenters. The predicted molar refractivity (Wildman–Crippen MR) is 105 cm³/mol. The molecule has 0 bridgehead atoms. The molecule has 0 heterocycles. The molecule has 0 aromatic rings. The van der Waals surface area contributed by atoms with E-state index in [1.165, 1.54) is 18.4 Å². The van der Waals surface area contributed by atoms with Gasteiger partial charge in [0.15, 0.2) is 5.76 Å². The van der Waals surface area contributed by atoms with E-state index in [2.05, 4.69) is 32.6 Å². The molecule has 3 aliphatic rings. The van der Waals surface area contributed by atoms with Crippen molar-refractivity contribution in [2.75, 3.05) is 0 Å². The SMILES string of the molecule is C=C(C)[C@@H]1CCC(C)=C[C@H]1C1=C(OC=O)C2CC2(CCCCC)C=C1OO. The molecule has 0 radical (unpaired) electrons. The molecule has 0 spiro atoms. The van der Waals surface area contributed by atoms with Gasteiger partial charge in [-0.15, -0.1) is 0 Å². The topological polar surface area (TPSA) is 55.8 Å². The molecular formula is C23H32O4. The lowest BCUT2D eigenvalue weighted by atomic mass is 9.71. The highest BCUT2D eigenvalue weighted by Crippen LogP contribution is 2.65. The van der Waals surface area contributed by atoms with Gasteiger partial charge in [-0.3, -0.25) is 4.79 Å². The summed E-state index contributed by atoms with van der Waals surface area (Å²) in [5.74, 6) is 1.61. The number of hydrogen-bond acceptors (Lipinski definition) is 4. The van der Waals surface area contributed by atoms with Crippen LogP contribution in [0, 0.1) is 23.2 Å². The van der Waals surface area contributed by atoms with Crippen LogP contribution in [-0.2, 0) is 14.4 Å². The second-order valence-electron chi connectivity index (χ2n) is 8.57. The van der Waals surface area contributed by atoms with Crippen LogP contribution in [0.3, 0.4) is 0 Å². The summed E-state index contributed by atoms with van der Waals surface area (Å²) in [7, 11) is 0. The third kappa shape index (κ3) is 3.77. The molecule has 4 heteroatoms. The molecule has 0 saturated heterocycles. The Labute approximate surface area is 162 Å². The van der Waals surface area contributed by atoms with Crippen molar-refractivity contribution >= 4 is 6.47 Å². The van der Waals surface area contributed by atoms with Crippen molar-refractivity contribution in [2.24, 2.45) is 23.2 Å². The summed E-state index contributed by atoms with van der Waals surface area (Å²) in [6.07, 6.45) is 11.8. The van der Waals surface area contributed by atoms with Crippen LogP contribution < -0.4 is 0 Å². The average molecular weight is 373 g/mol. The molecule has 0 amide bonds. The normalized spacial score (nSPS) is 32.2. The molecule has 0 aromatic heterocycles. The van der Waals surface area contributed by atoms with Gasteiger partial charge in [0, 0.05) is 22.8 Å². The Hall–Kier alpha value is -1.81. The third-order valence-electron chi connectivity index (χ3n) is 6.62. The van der Waals surface area contributed by atoms with E-state index in [-0.39, 0.29) is 23.2 Å². The number of carbonyl (C=O) groups is 1. The highest BCUT2D eigenvalue weighted by Gasteiger charge is 2.59. The zero-order chi connectivity index (χ0) is 19.6. The van der Waals surface area contributed by atoms with E-state index < -0.39 is 0 Å². The maximum Gasteiger partial charge on any atom is 0.298 e. The van der Waals surface area contributed by atoms with Crippen molar-refractivity contribution in [3.05, 3.63) is 47.0 Å². The number of rotatable bonds is 9. The molecule has 27 heavy (non-hydrogen) atoms. The van der Waals surface area contributed by atoms with Crippen LogP contribution in [0.1, 0.15) is 65.7 Å². The average Bonchev–Trinajstić information content (AvgIpc) is 3.36. The fourth-order valence-electron chi connectivity index (χ4n) is 5.04. The van der Waals surface area contributed by atoms with Crippen molar-refractivity contribution in [3.8, 4) is 0 Å². The lowest BCUT2D eigenvalue weighted by Crippen LogP contribution is -2.26. The number of carbonyl (C=O) groups excluding carboxylic acids is 1. The Kier molecular flexibility index (Phi) is 5.95. The van der Waals surface area contributed by atoms with E-state index >= 15 is 0 Å². The molecule has 3 rings (SSSR count). The first-order chi connectivity index (χ1) is 13.0. The van der Waals surface area contributed by atoms with Crippen LogP contribution >= 0.6 is 0 Å². The summed E-state index contributed by atoms with van der Waals surface area (Å²) >= 11 is 0. The molecule has 1 fully saturated rings. The summed E-state index contributed by atoms with van der Waals surface area (Å²) in [6.45, 7) is 11.1. The minimum Gasteiger partial charge on any atom is -0.432 e. The Balaban J connectivity index is 2.01. The van der Waals surface area contributed by atoms with Gasteiger partial charge in [-0.05, 0) is 51.5 Å². The summed E-state index contributed by atoms with van der Waals surface area (Å²) < 4.78 is 5.54. The maximum atomic E-state index is 11.3. The Bertz CT molecular complexity index is 699. The summed E-state index contributed by atoms with van der Waals surface area (Å²) in [5.41, 5.74) is 3.20. The number of unbranched alkanes of at least 4 members (excludes halogenated alkanes) is 2. The first-order valence-corrected chi connectivity index (χ1v) is 10.2. The highest BCUT2D eigenvalue weighted by molar-refractivity contribution is 5.51. The number of allylic oxidation sites excluding steroid dienone is 6. The highest BCUT2D eigenvalue weighted by atomic mass is 17.1. The van der Waals surface area contributed by atoms with Gasteiger partial charge in [0.25, 0.3) is 6.47 Å². The second kappa shape index (κ2) is 8.05. The quantitative estimate of drug-likeness (QED) is 0.179. The zero-order valence-electron chi connectivity index (χ0n) is 16.8. The zero-order valence-corrected chi connectivity index (χ0v) is 16.8. The van der Waals surface area contributed by atoms with Crippen molar-refractivity contribution in [2.45, 2.75) is 65.7 Å². The number of ether oxygens (including phenoxy) is 1. The first kappa shape index (κ1) is 19.9. The Morgan fingerprint density at radius 2 is 2.22 bits per heavy atom. The van der Waals surface area contributed by atoms with Crippen LogP contribution in [0.5, 0.6) is 0 Å². The molecule has 1 saturated carbocycles. The van der Waals surface area contributed by atoms with Gasteiger partial charge in [0.1, 0.15) is 5.76 Å².